The van der Waals surface area contributed by atoms with Crippen LogP contribution in [0.15, 0.2) is 30.6 Å². The molecule has 0 spiro atoms. The summed E-state index contributed by atoms with van der Waals surface area (Å²) >= 11 is 0. The van der Waals surface area contributed by atoms with Crippen LogP contribution in [0.3, 0.4) is 0 Å². The Bertz CT molecular complexity index is 479. The zero-order valence-electron chi connectivity index (χ0n) is 11.4. The molecule has 0 radical (unpaired) electrons. The zero-order valence-corrected chi connectivity index (χ0v) is 11.4. The van der Waals surface area contributed by atoms with Gasteiger partial charge in [0, 0.05) is 31.9 Å². The number of carbonyl (C=O) groups excluding carboxylic acids is 2. The number of nitrogens with one attached hydrogen (secondary N) is 1. The number of urea groups is 1. The number of imide groups is 1. The van der Waals surface area contributed by atoms with E-state index in [9.17, 15) is 9.59 Å². The van der Waals surface area contributed by atoms with E-state index in [4.69, 9.17) is 0 Å². The maximum Gasteiger partial charge on any atom is 0.324 e. The highest BCUT2D eigenvalue weighted by Gasteiger charge is 2.17. The lowest BCUT2D eigenvalue weighted by molar-refractivity contribution is -0.119. The molecule has 20 heavy (non-hydrogen) atoms. The first-order chi connectivity index (χ1) is 9.75. The number of hydrogen-bond donors (Lipinski definition) is 1. The molecular formula is C15H19N3O2. The summed E-state index contributed by atoms with van der Waals surface area (Å²) < 4.78 is 0. The number of amides is 3. The van der Waals surface area contributed by atoms with Gasteiger partial charge >= 0.3 is 6.03 Å². The molecule has 106 valence electrons. The summed E-state index contributed by atoms with van der Waals surface area (Å²) in [7, 11) is 0. The van der Waals surface area contributed by atoms with Crippen LogP contribution in [0.2, 0.25) is 0 Å². The largest absolute Gasteiger partial charge is 0.324 e. The minimum atomic E-state index is -0.272. The van der Waals surface area contributed by atoms with E-state index in [1.54, 1.807) is 23.4 Å². The van der Waals surface area contributed by atoms with E-state index < -0.39 is 0 Å². The SMILES string of the molecule is O=C(CC=Cc1ccncc1)NC(=O)N1CCCCC1. The van der Waals surface area contributed by atoms with Crippen LogP contribution in [-0.2, 0) is 4.79 Å². The van der Waals surface area contributed by atoms with Gasteiger partial charge in [0.15, 0.2) is 0 Å². The third-order valence-electron chi connectivity index (χ3n) is 3.21. The number of hydrogen-bond acceptors (Lipinski definition) is 3. The Morgan fingerprint density at radius 2 is 1.90 bits per heavy atom. The van der Waals surface area contributed by atoms with Gasteiger partial charge in [-0.3, -0.25) is 15.1 Å². The molecule has 0 bridgehead atoms. The molecule has 3 amide bonds. The van der Waals surface area contributed by atoms with Gasteiger partial charge < -0.3 is 4.90 Å². The van der Waals surface area contributed by atoms with Gasteiger partial charge in [0.2, 0.25) is 5.91 Å². The van der Waals surface area contributed by atoms with Crippen molar-refractivity contribution in [3.8, 4) is 0 Å². The number of pyridine rings is 1. The van der Waals surface area contributed by atoms with Gasteiger partial charge in [0.05, 0.1) is 0 Å². The molecule has 0 aliphatic carbocycles. The number of rotatable bonds is 3. The van der Waals surface area contributed by atoms with E-state index in [-0.39, 0.29) is 18.4 Å². The molecule has 1 saturated heterocycles. The predicted octanol–water partition coefficient (Wildman–Crippen LogP) is 2.21. The second-order valence-electron chi connectivity index (χ2n) is 4.79. The maximum atomic E-state index is 11.8. The van der Waals surface area contributed by atoms with Gasteiger partial charge in [-0.05, 0) is 37.0 Å². The van der Waals surface area contributed by atoms with Crippen molar-refractivity contribution in [2.45, 2.75) is 25.7 Å². The fourth-order valence-electron chi connectivity index (χ4n) is 2.12. The van der Waals surface area contributed by atoms with Gasteiger partial charge in [0.1, 0.15) is 0 Å². The van der Waals surface area contributed by atoms with E-state index in [1.807, 2.05) is 18.2 Å². The predicted molar refractivity (Wildman–Crippen MR) is 76.9 cm³/mol. The van der Waals surface area contributed by atoms with Crippen LogP contribution in [0.4, 0.5) is 4.79 Å². The van der Waals surface area contributed by atoms with Crippen molar-refractivity contribution in [3.63, 3.8) is 0 Å². The molecule has 1 aromatic rings. The van der Waals surface area contributed by atoms with E-state index in [0.717, 1.165) is 37.9 Å². The van der Waals surface area contributed by atoms with Crippen LogP contribution in [0.1, 0.15) is 31.2 Å². The molecule has 0 aromatic carbocycles. The first kappa shape index (κ1) is 14.2. The summed E-state index contributed by atoms with van der Waals surface area (Å²) in [6.07, 6.45) is 10.4. The highest BCUT2D eigenvalue weighted by molar-refractivity contribution is 5.95. The monoisotopic (exact) mass is 273 g/mol. The van der Waals surface area contributed by atoms with Gasteiger partial charge in [-0.25, -0.2) is 4.79 Å². The van der Waals surface area contributed by atoms with Crippen LogP contribution >= 0.6 is 0 Å². The van der Waals surface area contributed by atoms with Crippen molar-refractivity contribution in [1.82, 2.24) is 15.2 Å². The van der Waals surface area contributed by atoms with Crippen molar-refractivity contribution >= 4 is 18.0 Å². The Hall–Kier alpha value is -2.17. The Labute approximate surface area is 118 Å². The smallest absolute Gasteiger partial charge is 0.324 e. The van der Waals surface area contributed by atoms with E-state index >= 15 is 0 Å². The lowest BCUT2D eigenvalue weighted by Gasteiger charge is -2.26. The molecule has 5 nitrogen and oxygen atoms in total. The Morgan fingerprint density at radius 1 is 1.20 bits per heavy atom. The third kappa shape index (κ3) is 4.50. The lowest BCUT2D eigenvalue weighted by Crippen LogP contribution is -2.44. The molecule has 2 heterocycles. The fraction of sp³-hybridized carbons (Fsp3) is 0.400. The Balaban J connectivity index is 1.75. The van der Waals surface area contributed by atoms with Gasteiger partial charge in [-0.1, -0.05) is 12.2 Å². The first-order valence-corrected chi connectivity index (χ1v) is 6.91. The average molecular weight is 273 g/mol. The van der Waals surface area contributed by atoms with Crippen molar-refractivity contribution in [2.75, 3.05) is 13.1 Å². The lowest BCUT2D eigenvalue weighted by atomic mass is 10.1. The zero-order chi connectivity index (χ0) is 14.2. The van der Waals surface area contributed by atoms with Crippen LogP contribution in [0, 0.1) is 0 Å². The Morgan fingerprint density at radius 3 is 2.60 bits per heavy atom. The van der Waals surface area contributed by atoms with Gasteiger partial charge in [-0.15, -0.1) is 0 Å². The second kappa shape index (κ2) is 7.43. The Kier molecular flexibility index (Phi) is 5.29. The second-order valence-corrected chi connectivity index (χ2v) is 4.79. The van der Waals surface area contributed by atoms with E-state index in [0.29, 0.717) is 0 Å². The van der Waals surface area contributed by atoms with Crippen molar-refractivity contribution in [1.29, 1.82) is 0 Å². The number of likely N-dealkylation sites (tertiary alicyclic amines) is 1. The summed E-state index contributed by atoms with van der Waals surface area (Å²) in [6.45, 7) is 1.48. The molecule has 1 aromatic heterocycles. The fourth-order valence-corrected chi connectivity index (χ4v) is 2.12. The number of aromatic nitrogens is 1. The quantitative estimate of drug-likeness (QED) is 0.918. The maximum absolute atomic E-state index is 11.8. The molecular weight excluding hydrogens is 254 g/mol. The molecule has 1 aliphatic heterocycles. The molecule has 1 fully saturated rings. The minimum Gasteiger partial charge on any atom is -0.324 e. The van der Waals surface area contributed by atoms with E-state index in [2.05, 4.69) is 10.3 Å². The molecule has 2 rings (SSSR count). The van der Waals surface area contributed by atoms with Crippen LogP contribution < -0.4 is 5.32 Å². The highest BCUT2D eigenvalue weighted by atomic mass is 16.2. The van der Waals surface area contributed by atoms with Gasteiger partial charge in [-0.2, -0.15) is 0 Å². The molecule has 1 aliphatic rings. The number of piperidine rings is 1. The normalized spacial score (nSPS) is 15.3. The number of nitrogens with zero attached hydrogens (tertiary/aromatic N) is 2. The van der Waals surface area contributed by atoms with Crippen LogP contribution in [0.5, 0.6) is 0 Å². The summed E-state index contributed by atoms with van der Waals surface area (Å²) in [5.74, 6) is -0.272. The molecule has 1 N–H and O–H groups in total. The summed E-state index contributed by atoms with van der Waals surface area (Å²) in [5.41, 5.74) is 0.982. The van der Waals surface area contributed by atoms with Crippen LogP contribution in [0.25, 0.3) is 6.08 Å². The summed E-state index contributed by atoms with van der Waals surface area (Å²) in [4.78, 5) is 29.1. The van der Waals surface area contributed by atoms with E-state index in [1.165, 1.54) is 0 Å². The van der Waals surface area contributed by atoms with Crippen molar-refractivity contribution in [3.05, 3.63) is 36.2 Å². The third-order valence-corrected chi connectivity index (χ3v) is 3.21. The number of carbonyl (C=O) groups is 2. The summed E-state index contributed by atoms with van der Waals surface area (Å²) in [6, 6.07) is 3.44. The minimum absolute atomic E-state index is 0.196. The van der Waals surface area contributed by atoms with Crippen molar-refractivity contribution < 1.29 is 9.59 Å². The molecule has 0 saturated carbocycles. The molecule has 0 atom stereocenters. The summed E-state index contributed by atoms with van der Waals surface area (Å²) in [5, 5.41) is 2.42. The molecule has 5 heteroatoms. The average Bonchev–Trinajstić information content (AvgIpc) is 2.49. The first-order valence-electron chi connectivity index (χ1n) is 6.91. The van der Waals surface area contributed by atoms with Crippen molar-refractivity contribution in [2.24, 2.45) is 0 Å². The van der Waals surface area contributed by atoms with Gasteiger partial charge in [0.25, 0.3) is 0 Å². The molecule has 0 unspecified atom stereocenters. The topological polar surface area (TPSA) is 62.3 Å². The van der Waals surface area contributed by atoms with Crippen LogP contribution in [-0.4, -0.2) is 34.9 Å². The standard InChI is InChI=1S/C15H19N3O2/c19-14(6-4-5-13-7-9-16-10-8-13)17-15(20)18-11-2-1-3-12-18/h4-5,7-10H,1-3,6,11-12H2,(H,17,19,20). The highest BCUT2D eigenvalue weighted by Crippen LogP contribution is 2.08.